The van der Waals surface area contributed by atoms with E-state index in [-0.39, 0.29) is 17.5 Å². The van der Waals surface area contributed by atoms with Crippen molar-refractivity contribution in [2.45, 2.75) is 64.6 Å². The topological polar surface area (TPSA) is 71.6 Å². The van der Waals surface area contributed by atoms with Crippen molar-refractivity contribution in [3.8, 4) is 0 Å². The zero-order chi connectivity index (χ0) is 18.3. The Morgan fingerprint density at radius 2 is 2.08 bits per heavy atom. The summed E-state index contributed by atoms with van der Waals surface area (Å²) in [5.41, 5.74) is 2.90. The molecule has 0 spiro atoms. The number of likely N-dealkylation sites (N-methyl/N-ethyl adjacent to an activating group) is 1. The van der Waals surface area contributed by atoms with Crippen LogP contribution in [-0.2, 0) is 19.5 Å². The molecule has 0 unspecified atom stereocenters. The molecular formula is C19H27N5O2. The van der Waals surface area contributed by atoms with Gasteiger partial charge in [-0.15, -0.1) is 0 Å². The van der Waals surface area contributed by atoms with Crippen LogP contribution in [0.25, 0.3) is 5.65 Å². The van der Waals surface area contributed by atoms with Gasteiger partial charge in [-0.1, -0.05) is 19.3 Å². The lowest BCUT2D eigenvalue weighted by atomic mass is 9.95. The minimum atomic E-state index is -0.110. The summed E-state index contributed by atoms with van der Waals surface area (Å²) in [5, 5.41) is 7.43. The summed E-state index contributed by atoms with van der Waals surface area (Å²) in [6, 6.07) is 0.235. The molecule has 1 fully saturated rings. The summed E-state index contributed by atoms with van der Waals surface area (Å²) in [6.07, 6.45) is 8.02. The Kier molecular flexibility index (Phi) is 4.56. The van der Waals surface area contributed by atoms with Crippen LogP contribution in [0.15, 0.2) is 11.0 Å². The molecule has 1 aliphatic heterocycles. The number of carbonyl (C=O) groups is 1. The lowest BCUT2D eigenvalue weighted by molar-refractivity contribution is 0.0929. The van der Waals surface area contributed by atoms with Crippen LogP contribution in [0.2, 0.25) is 0 Å². The van der Waals surface area contributed by atoms with Crippen molar-refractivity contribution in [3.63, 3.8) is 0 Å². The van der Waals surface area contributed by atoms with Crippen molar-refractivity contribution in [2.75, 3.05) is 13.6 Å². The number of aryl methyl sites for hydroxylation is 1. The Bertz CT molecular complexity index is 891. The van der Waals surface area contributed by atoms with Gasteiger partial charge in [-0.2, -0.15) is 9.61 Å². The fraction of sp³-hybridized carbons (Fsp3) is 0.632. The van der Waals surface area contributed by atoms with Gasteiger partial charge in [-0.25, -0.2) is 0 Å². The quantitative estimate of drug-likeness (QED) is 0.905. The van der Waals surface area contributed by atoms with Crippen molar-refractivity contribution in [1.82, 2.24) is 24.4 Å². The molecule has 1 N–H and O–H groups in total. The van der Waals surface area contributed by atoms with Gasteiger partial charge in [0.2, 0.25) is 0 Å². The number of amides is 1. The van der Waals surface area contributed by atoms with Crippen LogP contribution in [0.1, 0.15) is 60.6 Å². The standard InChI is InChI=1S/C19H27N5O2/c1-3-23-16-9-10-22(2)12-15(16)19(26)24-18(23)14(11-20-24)17(25)21-13-7-5-4-6-8-13/h11,13H,3-10,12H2,1-2H3,(H,21,25). The van der Waals surface area contributed by atoms with Gasteiger partial charge in [0.15, 0.2) is 5.65 Å². The van der Waals surface area contributed by atoms with Crippen LogP contribution in [0.3, 0.4) is 0 Å². The van der Waals surface area contributed by atoms with Crippen LogP contribution in [0, 0.1) is 0 Å². The van der Waals surface area contributed by atoms with Gasteiger partial charge >= 0.3 is 0 Å². The van der Waals surface area contributed by atoms with Crippen LogP contribution in [-0.4, -0.2) is 44.6 Å². The van der Waals surface area contributed by atoms with Crippen molar-refractivity contribution in [2.24, 2.45) is 0 Å². The summed E-state index contributed by atoms with van der Waals surface area (Å²) in [4.78, 5) is 28.0. The second kappa shape index (κ2) is 6.87. The molecular weight excluding hydrogens is 330 g/mol. The number of rotatable bonds is 3. The van der Waals surface area contributed by atoms with Crippen molar-refractivity contribution in [3.05, 3.63) is 33.4 Å². The molecule has 0 atom stereocenters. The molecule has 7 nitrogen and oxygen atoms in total. The third kappa shape index (κ3) is 2.84. The predicted octanol–water partition coefficient (Wildman–Crippen LogP) is 1.57. The summed E-state index contributed by atoms with van der Waals surface area (Å²) >= 11 is 0. The molecule has 1 saturated carbocycles. The third-order valence-corrected chi connectivity index (χ3v) is 5.78. The first-order valence-corrected chi connectivity index (χ1v) is 9.71. The molecule has 0 saturated heterocycles. The summed E-state index contributed by atoms with van der Waals surface area (Å²) in [7, 11) is 2.02. The highest BCUT2D eigenvalue weighted by Crippen LogP contribution is 2.21. The molecule has 1 aliphatic carbocycles. The van der Waals surface area contributed by atoms with Gasteiger partial charge in [0.05, 0.1) is 11.8 Å². The summed E-state index contributed by atoms with van der Waals surface area (Å²) in [5.74, 6) is -0.110. The highest BCUT2D eigenvalue weighted by atomic mass is 16.2. The Morgan fingerprint density at radius 3 is 2.81 bits per heavy atom. The van der Waals surface area contributed by atoms with Gasteiger partial charge in [-0.05, 0) is 26.8 Å². The molecule has 26 heavy (non-hydrogen) atoms. The number of aromatic nitrogens is 3. The molecule has 0 radical (unpaired) electrons. The highest BCUT2D eigenvalue weighted by Gasteiger charge is 2.26. The van der Waals surface area contributed by atoms with E-state index in [0.717, 1.165) is 37.1 Å². The predicted molar refractivity (Wildman–Crippen MR) is 99.5 cm³/mol. The molecule has 0 bridgehead atoms. The fourth-order valence-electron chi connectivity index (χ4n) is 4.39. The van der Waals surface area contributed by atoms with E-state index < -0.39 is 0 Å². The molecule has 4 rings (SSSR count). The average Bonchev–Trinajstić information content (AvgIpc) is 3.09. The molecule has 7 heteroatoms. The van der Waals surface area contributed by atoms with Crippen LogP contribution < -0.4 is 10.9 Å². The van der Waals surface area contributed by atoms with Gasteiger partial charge in [0.25, 0.3) is 11.5 Å². The number of hydrogen-bond donors (Lipinski definition) is 1. The van der Waals surface area contributed by atoms with Crippen molar-refractivity contribution >= 4 is 11.6 Å². The largest absolute Gasteiger partial charge is 0.349 e. The van der Waals surface area contributed by atoms with Gasteiger partial charge in [-0.3, -0.25) is 9.59 Å². The molecule has 1 amide bonds. The maximum Gasteiger partial charge on any atom is 0.279 e. The maximum atomic E-state index is 12.9. The van der Waals surface area contributed by atoms with Crippen LogP contribution >= 0.6 is 0 Å². The molecule has 2 aromatic heterocycles. The SMILES string of the molecule is CCn1c2c(c(=O)n3ncc(C(=O)NC4CCCCC4)c13)CN(C)CC2. The Labute approximate surface area is 153 Å². The zero-order valence-electron chi connectivity index (χ0n) is 15.6. The number of hydrogen-bond acceptors (Lipinski definition) is 4. The Balaban J connectivity index is 1.78. The second-order valence-electron chi connectivity index (χ2n) is 7.56. The normalized spacial score (nSPS) is 18.8. The van der Waals surface area contributed by atoms with E-state index in [9.17, 15) is 9.59 Å². The van der Waals surface area contributed by atoms with E-state index >= 15 is 0 Å². The van der Waals surface area contributed by atoms with E-state index in [1.807, 2.05) is 7.05 Å². The Morgan fingerprint density at radius 1 is 1.31 bits per heavy atom. The monoisotopic (exact) mass is 357 g/mol. The lowest BCUT2D eigenvalue weighted by Crippen LogP contribution is -2.38. The first kappa shape index (κ1) is 17.3. The molecule has 2 aromatic rings. The van der Waals surface area contributed by atoms with Gasteiger partial charge in [0.1, 0.15) is 5.56 Å². The van der Waals surface area contributed by atoms with Crippen molar-refractivity contribution in [1.29, 1.82) is 0 Å². The summed E-state index contributed by atoms with van der Waals surface area (Å²) in [6.45, 7) is 4.32. The second-order valence-corrected chi connectivity index (χ2v) is 7.56. The highest BCUT2D eigenvalue weighted by molar-refractivity contribution is 6.00. The minimum Gasteiger partial charge on any atom is -0.349 e. The fourth-order valence-corrected chi connectivity index (χ4v) is 4.39. The van der Waals surface area contributed by atoms with E-state index in [2.05, 4.69) is 26.8 Å². The minimum absolute atomic E-state index is 0.0945. The molecule has 3 heterocycles. The first-order chi connectivity index (χ1) is 12.6. The maximum absolute atomic E-state index is 12.9. The summed E-state index contributed by atoms with van der Waals surface area (Å²) < 4.78 is 3.52. The van der Waals surface area contributed by atoms with E-state index in [1.165, 1.54) is 23.8 Å². The van der Waals surface area contributed by atoms with Crippen LogP contribution in [0.5, 0.6) is 0 Å². The van der Waals surface area contributed by atoms with E-state index in [1.54, 1.807) is 6.20 Å². The molecule has 0 aromatic carbocycles. The average molecular weight is 357 g/mol. The van der Waals surface area contributed by atoms with E-state index in [4.69, 9.17) is 0 Å². The smallest absolute Gasteiger partial charge is 0.279 e. The molecule has 140 valence electrons. The van der Waals surface area contributed by atoms with Gasteiger partial charge < -0.3 is 14.8 Å². The number of carbonyl (C=O) groups excluding carboxylic acids is 1. The van der Waals surface area contributed by atoms with Crippen LogP contribution in [0.4, 0.5) is 0 Å². The molecule has 2 aliphatic rings. The first-order valence-electron chi connectivity index (χ1n) is 9.71. The van der Waals surface area contributed by atoms with Gasteiger partial charge in [0, 0.05) is 37.8 Å². The Hall–Kier alpha value is -2.15. The lowest BCUT2D eigenvalue weighted by Gasteiger charge is -2.27. The van der Waals surface area contributed by atoms with E-state index in [0.29, 0.717) is 24.3 Å². The number of nitrogens with one attached hydrogen (secondary N) is 1. The number of nitrogens with zero attached hydrogens (tertiary/aromatic N) is 4. The van der Waals surface area contributed by atoms with Crippen molar-refractivity contribution < 1.29 is 4.79 Å². The zero-order valence-corrected chi connectivity index (χ0v) is 15.6. The third-order valence-electron chi connectivity index (χ3n) is 5.78. The number of fused-ring (bicyclic) bond motifs is 2.